The Bertz CT molecular complexity index is 624. The van der Waals surface area contributed by atoms with E-state index < -0.39 is 0 Å². The van der Waals surface area contributed by atoms with Crippen LogP contribution < -0.4 is 0 Å². The molecule has 6 heteroatoms. The SMILES string of the molecule is CCCN1CCC(CCCC2CCN(CCCCCN3CCC(CCC(=O)CCOCCOC)CC3)CC2)CC1. The number of carbonyl (C=O) groups is 1. The van der Waals surface area contributed by atoms with Gasteiger partial charge in [-0.2, -0.15) is 0 Å². The monoisotopic (exact) mass is 564 g/mol. The summed E-state index contributed by atoms with van der Waals surface area (Å²) in [6, 6.07) is 0. The standard InChI is InChI=1S/C34H65N3O3/c1-3-19-35-22-12-31(13-23-35)8-7-9-32-14-24-36(25-15-32)20-5-4-6-21-37-26-16-33(17-27-37)10-11-34(38)18-28-40-30-29-39-2/h31-33H,3-30H2,1-2H3. The van der Waals surface area contributed by atoms with Crippen LogP contribution in [-0.2, 0) is 14.3 Å². The van der Waals surface area contributed by atoms with Crippen molar-refractivity contribution in [2.24, 2.45) is 17.8 Å². The lowest BCUT2D eigenvalue weighted by atomic mass is 9.87. The number of methoxy groups -OCH3 is 1. The maximum Gasteiger partial charge on any atom is 0.135 e. The van der Waals surface area contributed by atoms with Gasteiger partial charge in [0, 0.05) is 20.0 Å². The molecule has 0 radical (unpaired) electrons. The Balaban J connectivity index is 1.09. The van der Waals surface area contributed by atoms with Crippen molar-refractivity contribution in [2.75, 3.05) is 85.8 Å². The molecule has 0 unspecified atom stereocenters. The summed E-state index contributed by atoms with van der Waals surface area (Å²) in [5.74, 6) is 3.11. The van der Waals surface area contributed by atoms with Crippen LogP contribution in [0.1, 0.15) is 110 Å². The van der Waals surface area contributed by atoms with Gasteiger partial charge in [-0.3, -0.25) is 4.79 Å². The van der Waals surface area contributed by atoms with Crippen molar-refractivity contribution >= 4 is 5.78 Å². The highest BCUT2D eigenvalue weighted by Crippen LogP contribution is 2.28. The van der Waals surface area contributed by atoms with Crippen LogP contribution in [0.25, 0.3) is 0 Å². The molecule has 3 aliphatic rings. The topological polar surface area (TPSA) is 45.2 Å². The van der Waals surface area contributed by atoms with E-state index in [9.17, 15) is 4.79 Å². The molecule has 0 atom stereocenters. The van der Waals surface area contributed by atoms with Crippen molar-refractivity contribution < 1.29 is 14.3 Å². The molecule has 0 aromatic rings. The summed E-state index contributed by atoms with van der Waals surface area (Å²) < 4.78 is 10.4. The number of Topliss-reactive ketones (excluding diaryl/α,β-unsaturated/α-hetero) is 1. The fourth-order valence-corrected chi connectivity index (χ4v) is 7.28. The predicted octanol–water partition coefficient (Wildman–Crippen LogP) is 6.28. The Kier molecular flexibility index (Phi) is 18.0. The Labute approximate surface area is 247 Å². The Hall–Kier alpha value is -0.530. The number of piperidine rings is 3. The number of ketones is 1. The van der Waals surface area contributed by atoms with E-state index in [-0.39, 0.29) is 0 Å². The van der Waals surface area contributed by atoms with E-state index in [2.05, 4.69) is 21.6 Å². The van der Waals surface area contributed by atoms with Gasteiger partial charge in [-0.15, -0.1) is 0 Å². The summed E-state index contributed by atoms with van der Waals surface area (Å²) >= 11 is 0. The fraction of sp³-hybridized carbons (Fsp3) is 0.971. The number of hydrogen-bond acceptors (Lipinski definition) is 6. The van der Waals surface area contributed by atoms with Crippen LogP contribution in [0.15, 0.2) is 0 Å². The molecule has 3 rings (SSSR count). The summed E-state index contributed by atoms with van der Waals surface area (Å²) in [6.07, 6.45) is 20.5. The normalized spacial score (nSPS) is 21.4. The zero-order chi connectivity index (χ0) is 28.3. The second-order valence-electron chi connectivity index (χ2n) is 13.3. The minimum atomic E-state index is 0.359. The third-order valence-electron chi connectivity index (χ3n) is 10.1. The second-order valence-corrected chi connectivity index (χ2v) is 13.3. The van der Waals surface area contributed by atoms with E-state index >= 15 is 0 Å². The molecular formula is C34H65N3O3. The van der Waals surface area contributed by atoms with Gasteiger partial charge in [-0.1, -0.05) is 32.6 Å². The van der Waals surface area contributed by atoms with E-state index in [4.69, 9.17) is 9.47 Å². The van der Waals surface area contributed by atoms with Crippen molar-refractivity contribution in [1.82, 2.24) is 14.7 Å². The summed E-state index contributed by atoms with van der Waals surface area (Å²) in [5.41, 5.74) is 0. The van der Waals surface area contributed by atoms with Gasteiger partial charge in [0.25, 0.3) is 0 Å². The summed E-state index contributed by atoms with van der Waals surface area (Å²) in [5, 5.41) is 0. The highest BCUT2D eigenvalue weighted by atomic mass is 16.5. The lowest BCUT2D eigenvalue weighted by Gasteiger charge is -2.34. The molecule has 0 bridgehead atoms. The fourth-order valence-electron chi connectivity index (χ4n) is 7.28. The summed E-state index contributed by atoms with van der Waals surface area (Å²) in [4.78, 5) is 20.2. The molecule has 6 nitrogen and oxygen atoms in total. The smallest absolute Gasteiger partial charge is 0.135 e. The van der Waals surface area contributed by atoms with Gasteiger partial charge in [0.05, 0.1) is 19.8 Å². The van der Waals surface area contributed by atoms with Crippen molar-refractivity contribution in [3.05, 3.63) is 0 Å². The van der Waals surface area contributed by atoms with Crippen LogP contribution in [0.5, 0.6) is 0 Å². The molecule has 0 amide bonds. The van der Waals surface area contributed by atoms with Crippen molar-refractivity contribution in [3.8, 4) is 0 Å². The first-order valence-electron chi connectivity index (χ1n) is 17.4. The molecule has 3 aliphatic heterocycles. The van der Waals surface area contributed by atoms with Crippen molar-refractivity contribution in [2.45, 2.75) is 110 Å². The second kappa shape index (κ2) is 21.2. The molecule has 3 heterocycles. The first kappa shape index (κ1) is 34.0. The van der Waals surface area contributed by atoms with Crippen LogP contribution in [0.4, 0.5) is 0 Å². The predicted molar refractivity (Wildman–Crippen MR) is 167 cm³/mol. The lowest BCUT2D eigenvalue weighted by molar-refractivity contribution is -0.120. The minimum absolute atomic E-state index is 0.359. The van der Waals surface area contributed by atoms with E-state index in [1.165, 1.54) is 142 Å². The molecule has 0 aromatic carbocycles. The largest absolute Gasteiger partial charge is 0.382 e. The minimum Gasteiger partial charge on any atom is -0.382 e. The molecular weight excluding hydrogens is 498 g/mol. The van der Waals surface area contributed by atoms with Crippen molar-refractivity contribution in [1.29, 1.82) is 0 Å². The summed E-state index contributed by atoms with van der Waals surface area (Å²) in [6.45, 7) is 15.8. The van der Waals surface area contributed by atoms with Gasteiger partial charge in [0.2, 0.25) is 0 Å². The Morgan fingerprint density at radius 1 is 0.600 bits per heavy atom. The van der Waals surface area contributed by atoms with Gasteiger partial charge in [-0.25, -0.2) is 0 Å². The zero-order valence-corrected chi connectivity index (χ0v) is 26.6. The molecule has 0 spiro atoms. The number of hydrogen-bond donors (Lipinski definition) is 0. The molecule has 0 aliphatic carbocycles. The molecule has 0 N–H and O–H groups in total. The van der Waals surface area contributed by atoms with Crippen LogP contribution in [0.3, 0.4) is 0 Å². The third-order valence-corrected chi connectivity index (χ3v) is 10.1. The number of likely N-dealkylation sites (tertiary alicyclic amines) is 3. The molecule has 0 saturated carbocycles. The van der Waals surface area contributed by atoms with Crippen LogP contribution in [-0.4, -0.2) is 106 Å². The summed E-state index contributed by atoms with van der Waals surface area (Å²) in [7, 11) is 1.67. The number of carbonyl (C=O) groups excluding carboxylic acids is 1. The van der Waals surface area contributed by atoms with E-state index in [1.807, 2.05) is 0 Å². The highest BCUT2D eigenvalue weighted by Gasteiger charge is 2.22. The van der Waals surface area contributed by atoms with E-state index in [0.29, 0.717) is 32.0 Å². The lowest BCUT2D eigenvalue weighted by Crippen LogP contribution is -2.35. The highest BCUT2D eigenvalue weighted by molar-refractivity contribution is 5.78. The van der Waals surface area contributed by atoms with Gasteiger partial charge < -0.3 is 24.2 Å². The van der Waals surface area contributed by atoms with E-state index in [1.54, 1.807) is 7.11 Å². The van der Waals surface area contributed by atoms with Crippen molar-refractivity contribution in [3.63, 3.8) is 0 Å². The third kappa shape index (κ3) is 14.6. The first-order valence-corrected chi connectivity index (χ1v) is 17.4. The van der Waals surface area contributed by atoms with Gasteiger partial charge in [0.15, 0.2) is 0 Å². The van der Waals surface area contributed by atoms with Crippen LogP contribution in [0.2, 0.25) is 0 Å². The number of ether oxygens (including phenoxy) is 2. The molecule has 3 fully saturated rings. The average molecular weight is 564 g/mol. The molecule has 3 saturated heterocycles. The number of rotatable bonds is 21. The molecule has 0 aromatic heterocycles. The van der Waals surface area contributed by atoms with Crippen LogP contribution >= 0.6 is 0 Å². The van der Waals surface area contributed by atoms with Gasteiger partial charge in [0.1, 0.15) is 5.78 Å². The van der Waals surface area contributed by atoms with Gasteiger partial charge in [-0.05, 0) is 141 Å². The number of unbranched alkanes of at least 4 members (excludes halogenated alkanes) is 2. The average Bonchev–Trinajstić information content (AvgIpc) is 2.98. The maximum atomic E-state index is 12.1. The quantitative estimate of drug-likeness (QED) is 0.153. The zero-order valence-electron chi connectivity index (χ0n) is 26.6. The first-order chi connectivity index (χ1) is 19.7. The number of nitrogens with zero attached hydrogens (tertiary/aromatic N) is 3. The van der Waals surface area contributed by atoms with Gasteiger partial charge >= 0.3 is 0 Å². The Morgan fingerprint density at radius 2 is 1.10 bits per heavy atom. The molecule has 234 valence electrons. The van der Waals surface area contributed by atoms with Crippen LogP contribution in [0, 0.1) is 17.8 Å². The molecule has 40 heavy (non-hydrogen) atoms. The maximum absolute atomic E-state index is 12.1. The van der Waals surface area contributed by atoms with E-state index in [0.717, 1.165) is 30.6 Å². The Morgan fingerprint density at radius 3 is 1.60 bits per heavy atom.